The minimum absolute atomic E-state index is 0.177. The summed E-state index contributed by atoms with van der Waals surface area (Å²) >= 11 is 0. The van der Waals surface area contributed by atoms with Crippen LogP contribution in [0.3, 0.4) is 0 Å². The van der Waals surface area contributed by atoms with E-state index < -0.39 is 11.9 Å². The van der Waals surface area contributed by atoms with Gasteiger partial charge in [-0.2, -0.15) is 0 Å². The zero-order valence-electron chi connectivity index (χ0n) is 13.9. The summed E-state index contributed by atoms with van der Waals surface area (Å²) in [5.74, 6) is -1.58. The number of rotatable bonds is 9. The zero-order valence-corrected chi connectivity index (χ0v) is 13.9. The number of hydrogen-bond acceptors (Lipinski definition) is 5. The lowest BCUT2D eigenvalue weighted by atomic mass is 10.2. The molecule has 0 saturated carbocycles. The first-order chi connectivity index (χ1) is 12.1. The average Bonchev–Trinajstić information content (AvgIpc) is 2.62. The Morgan fingerprint density at radius 1 is 1.16 bits per heavy atom. The molecule has 2 aromatic rings. The number of benzene rings is 1. The van der Waals surface area contributed by atoms with Crippen molar-refractivity contribution in [3.05, 3.63) is 59.4 Å². The Morgan fingerprint density at radius 2 is 1.96 bits per heavy atom. The van der Waals surface area contributed by atoms with Gasteiger partial charge in [-0.1, -0.05) is 12.1 Å². The number of anilines is 1. The predicted molar refractivity (Wildman–Crippen MR) is 91.7 cm³/mol. The van der Waals surface area contributed by atoms with Gasteiger partial charge in [-0.15, -0.1) is 0 Å². The van der Waals surface area contributed by atoms with Crippen molar-refractivity contribution >= 4 is 17.6 Å². The van der Waals surface area contributed by atoms with Crippen LogP contribution < -0.4 is 5.32 Å². The first-order valence-corrected chi connectivity index (χ1v) is 7.85. The van der Waals surface area contributed by atoms with Gasteiger partial charge in [0.25, 0.3) is 5.91 Å². The first kappa shape index (κ1) is 18.6. The zero-order chi connectivity index (χ0) is 18.1. The number of aromatic nitrogens is 1. The summed E-state index contributed by atoms with van der Waals surface area (Å²) < 4.78 is 10.7. The molecule has 1 heterocycles. The summed E-state index contributed by atoms with van der Waals surface area (Å²) in [6.07, 6.45) is 1.29. The second-order valence-corrected chi connectivity index (χ2v) is 5.14. The SMILES string of the molecule is CCOCCOCc1cccc(NC(=O)c2ccnc(C(=O)O)c2)c1. The highest BCUT2D eigenvalue weighted by Crippen LogP contribution is 2.13. The second-order valence-electron chi connectivity index (χ2n) is 5.14. The summed E-state index contributed by atoms with van der Waals surface area (Å²) in [5, 5.41) is 11.7. The Kier molecular flexibility index (Phi) is 7.06. The van der Waals surface area contributed by atoms with Crippen molar-refractivity contribution < 1.29 is 24.2 Å². The molecule has 0 spiro atoms. The van der Waals surface area contributed by atoms with E-state index in [-0.39, 0.29) is 11.3 Å². The Bertz CT molecular complexity index is 733. The molecule has 0 aliphatic carbocycles. The number of carbonyl (C=O) groups is 2. The molecule has 1 amide bonds. The van der Waals surface area contributed by atoms with Crippen molar-refractivity contribution in [1.82, 2.24) is 4.98 Å². The number of carboxylic acid groups (broad SMARTS) is 1. The van der Waals surface area contributed by atoms with Crippen molar-refractivity contribution in [2.45, 2.75) is 13.5 Å². The van der Waals surface area contributed by atoms with E-state index in [9.17, 15) is 9.59 Å². The lowest BCUT2D eigenvalue weighted by Gasteiger charge is -2.09. The molecule has 0 bridgehead atoms. The van der Waals surface area contributed by atoms with Gasteiger partial charge in [0.2, 0.25) is 0 Å². The van der Waals surface area contributed by atoms with Crippen LogP contribution in [0, 0.1) is 0 Å². The van der Waals surface area contributed by atoms with Gasteiger partial charge in [-0.25, -0.2) is 9.78 Å². The van der Waals surface area contributed by atoms with Crippen LogP contribution in [0.2, 0.25) is 0 Å². The van der Waals surface area contributed by atoms with E-state index in [2.05, 4.69) is 10.3 Å². The van der Waals surface area contributed by atoms with Crippen LogP contribution in [0.5, 0.6) is 0 Å². The highest BCUT2D eigenvalue weighted by molar-refractivity contribution is 6.05. The lowest BCUT2D eigenvalue weighted by molar-refractivity contribution is 0.0453. The molecule has 0 unspecified atom stereocenters. The molecule has 0 radical (unpaired) electrons. The molecule has 2 rings (SSSR count). The summed E-state index contributed by atoms with van der Waals surface area (Å²) in [7, 11) is 0. The van der Waals surface area contributed by atoms with E-state index in [1.54, 1.807) is 12.1 Å². The van der Waals surface area contributed by atoms with E-state index in [0.717, 1.165) is 5.56 Å². The Hall–Kier alpha value is -2.77. The van der Waals surface area contributed by atoms with Gasteiger partial charge in [0.15, 0.2) is 0 Å². The van der Waals surface area contributed by atoms with Crippen LogP contribution in [0.1, 0.15) is 33.3 Å². The monoisotopic (exact) mass is 344 g/mol. The van der Waals surface area contributed by atoms with E-state index in [4.69, 9.17) is 14.6 Å². The molecule has 1 aromatic carbocycles. The molecular weight excluding hydrogens is 324 g/mol. The van der Waals surface area contributed by atoms with Gasteiger partial charge in [0, 0.05) is 24.1 Å². The standard InChI is InChI=1S/C18H20N2O5/c1-2-24-8-9-25-12-13-4-3-5-15(10-13)20-17(21)14-6-7-19-16(11-14)18(22)23/h3-7,10-11H,2,8-9,12H2,1H3,(H,20,21)(H,22,23). The number of nitrogens with one attached hydrogen (secondary N) is 1. The fraction of sp³-hybridized carbons (Fsp3) is 0.278. The fourth-order valence-electron chi connectivity index (χ4n) is 2.08. The highest BCUT2D eigenvalue weighted by Gasteiger charge is 2.11. The Morgan fingerprint density at radius 3 is 2.72 bits per heavy atom. The molecule has 2 N–H and O–H groups in total. The van der Waals surface area contributed by atoms with Crippen LogP contribution in [-0.2, 0) is 16.1 Å². The third kappa shape index (κ3) is 5.98. The number of amides is 1. The molecule has 0 aliphatic heterocycles. The average molecular weight is 344 g/mol. The minimum Gasteiger partial charge on any atom is -0.477 e. The largest absolute Gasteiger partial charge is 0.477 e. The van der Waals surface area contributed by atoms with Gasteiger partial charge < -0.3 is 19.9 Å². The van der Waals surface area contributed by atoms with Crippen molar-refractivity contribution in [3.63, 3.8) is 0 Å². The Balaban J connectivity index is 1.95. The Labute approximate surface area is 145 Å². The maximum Gasteiger partial charge on any atom is 0.354 e. The summed E-state index contributed by atoms with van der Waals surface area (Å²) in [6, 6.07) is 9.96. The molecule has 132 valence electrons. The highest BCUT2D eigenvalue weighted by atomic mass is 16.5. The number of pyridine rings is 1. The minimum atomic E-state index is -1.18. The summed E-state index contributed by atoms with van der Waals surface area (Å²) in [5.41, 5.74) is 1.56. The van der Waals surface area contributed by atoms with Gasteiger partial charge in [0.05, 0.1) is 19.8 Å². The maximum absolute atomic E-state index is 12.3. The number of hydrogen-bond donors (Lipinski definition) is 2. The van der Waals surface area contributed by atoms with E-state index in [0.29, 0.717) is 32.1 Å². The normalized spacial score (nSPS) is 10.4. The maximum atomic E-state index is 12.3. The smallest absolute Gasteiger partial charge is 0.354 e. The third-order valence-corrected chi connectivity index (χ3v) is 3.27. The number of nitrogens with zero attached hydrogens (tertiary/aromatic N) is 1. The van der Waals surface area contributed by atoms with Crippen molar-refractivity contribution in [2.75, 3.05) is 25.1 Å². The molecule has 1 aromatic heterocycles. The fourth-order valence-corrected chi connectivity index (χ4v) is 2.08. The van der Waals surface area contributed by atoms with Gasteiger partial charge >= 0.3 is 5.97 Å². The van der Waals surface area contributed by atoms with Crippen LogP contribution >= 0.6 is 0 Å². The lowest BCUT2D eigenvalue weighted by Crippen LogP contribution is -2.13. The molecule has 25 heavy (non-hydrogen) atoms. The van der Waals surface area contributed by atoms with E-state index >= 15 is 0 Å². The number of carbonyl (C=O) groups excluding carboxylic acids is 1. The molecule has 0 fully saturated rings. The topological polar surface area (TPSA) is 97.8 Å². The molecule has 0 aliphatic rings. The van der Waals surface area contributed by atoms with Crippen molar-refractivity contribution in [1.29, 1.82) is 0 Å². The summed E-state index contributed by atoms with van der Waals surface area (Å²) in [6.45, 7) is 4.04. The van der Waals surface area contributed by atoms with Gasteiger partial charge in [-0.05, 0) is 36.8 Å². The molecule has 7 heteroatoms. The van der Waals surface area contributed by atoms with Crippen LogP contribution in [-0.4, -0.2) is 41.8 Å². The van der Waals surface area contributed by atoms with Crippen LogP contribution in [0.4, 0.5) is 5.69 Å². The molecule has 0 saturated heterocycles. The van der Waals surface area contributed by atoms with Crippen LogP contribution in [0.25, 0.3) is 0 Å². The van der Waals surface area contributed by atoms with E-state index in [1.165, 1.54) is 18.3 Å². The number of carboxylic acids is 1. The van der Waals surface area contributed by atoms with Crippen LogP contribution in [0.15, 0.2) is 42.6 Å². The van der Waals surface area contributed by atoms with Crippen molar-refractivity contribution in [3.8, 4) is 0 Å². The van der Waals surface area contributed by atoms with Gasteiger partial charge in [0.1, 0.15) is 5.69 Å². The summed E-state index contributed by atoms with van der Waals surface area (Å²) in [4.78, 5) is 26.9. The number of ether oxygens (including phenoxy) is 2. The van der Waals surface area contributed by atoms with Crippen molar-refractivity contribution in [2.24, 2.45) is 0 Å². The quantitative estimate of drug-likeness (QED) is 0.679. The number of aromatic carboxylic acids is 1. The molecular formula is C18H20N2O5. The van der Waals surface area contributed by atoms with Gasteiger partial charge in [-0.3, -0.25) is 4.79 Å². The third-order valence-electron chi connectivity index (χ3n) is 3.27. The molecule has 7 nitrogen and oxygen atoms in total. The second kappa shape index (κ2) is 9.51. The predicted octanol–water partition coefficient (Wildman–Crippen LogP) is 2.59. The van der Waals surface area contributed by atoms with E-state index in [1.807, 2.05) is 19.1 Å². The first-order valence-electron chi connectivity index (χ1n) is 7.85. The molecule has 0 atom stereocenters.